The maximum Gasteiger partial charge on any atom is 0.220 e. The van der Waals surface area contributed by atoms with Gasteiger partial charge in [-0.1, -0.05) is 12.1 Å². The summed E-state index contributed by atoms with van der Waals surface area (Å²) < 4.78 is 22.7. The Balaban J connectivity index is 1.34. The van der Waals surface area contributed by atoms with Gasteiger partial charge in [0, 0.05) is 24.5 Å². The number of hydrogen-bond donors (Lipinski definition) is 1. The van der Waals surface area contributed by atoms with Crippen molar-refractivity contribution in [3.8, 4) is 29.1 Å². The molecule has 0 aromatic heterocycles. The van der Waals surface area contributed by atoms with Crippen molar-refractivity contribution in [2.45, 2.75) is 38.7 Å². The Morgan fingerprint density at radius 2 is 1.97 bits per heavy atom. The van der Waals surface area contributed by atoms with E-state index in [-0.39, 0.29) is 11.5 Å². The third kappa shape index (κ3) is 6.05. The van der Waals surface area contributed by atoms with E-state index in [2.05, 4.69) is 25.2 Å². The van der Waals surface area contributed by atoms with Crippen molar-refractivity contribution in [3.05, 3.63) is 47.5 Å². The van der Waals surface area contributed by atoms with Gasteiger partial charge in [-0.2, -0.15) is 5.26 Å². The zero-order valence-corrected chi connectivity index (χ0v) is 18.2. The maximum atomic E-state index is 12.0. The molecular formula is C24H28N2O5. The highest BCUT2D eigenvalue weighted by Gasteiger charge is 2.32. The number of methoxy groups -OCH3 is 1. The van der Waals surface area contributed by atoms with Crippen LogP contribution in [0.3, 0.4) is 0 Å². The van der Waals surface area contributed by atoms with Gasteiger partial charge in [0.2, 0.25) is 5.91 Å². The van der Waals surface area contributed by atoms with E-state index in [1.54, 1.807) is 18.2 Å². The number of hydrogen-bond acceptors (Lipinski definition) is 6. The molecule has 0 saturated heterocycles. The van der Waals surface area contributed by atoms with Gasteiger partial charge in [0.1, 0.15) is 12.2 Å². The number of carbonyl (C=O) groups excluding carboxylic acids is 1. The molecule has 1 amide bonds. The molecule has 164 valence electrons. The van der Waals surface area contributed by atoms with Crippen LogP contribution in [0.25, 0.3) is 0 Å². The fraction of sp³-hybridized carbons (Fsp3) is 0.417. The van der Waals surface area contributed by atoms with Crippen LogP contribution in [0.1, 0.15) is 37.8 Å². The van der Waals surface area contributed by atoms with E-state index in [1.165, 1.54) is 7.11 Å². The molecule has 0 saturated carbocycles. The predicted molar refractivity (Wildman–Crippen MR) is 116 cm³/mol. The number of fused-ring (bicyclic) bond motifs is 1. The Kier molecular flexibility index (Phi) is 7.24. The number of carbonyl (C=O) groups is 1. The minimum atomic E-state index is -0.222. The monoisotopic (exact) mass is 424 g/mol. The molecule has 7 heteroatoms. The van der Waals surface area contributed by atoms with Crippen LogP contribution in [0, 0.1) is 11.3 Å². The summed E-state index contributed by atoms with van der Waals surface area (Å²) in [6, 6.07) is 12.9. The van der Waals surface area contributed by atoms with Crippen molar-refractivity contribution in [1.82, 2.24) is 5.32 Å². The number of rotatable bonds is 10. The highest BCUT2D eigenvalue weighted by Crippen LogP contribution is 2.41. The van der Waals surface area contributed by atoms with Gasteiger partial charge in [-0.05, 0) is 38.5 Å². The minimum absolute atomic E-state index is 0.0605. The smallest absolute Gasteiger partial charge is 0.220 e. The van der Waals surface area contributed by atoms with E-state index >= 15 is 0 Å². The number of para-hydroxylation sites is 1. The lowest BCUT2D eigenvalue weighted by molar-refractivity contribution is -0.121. The fourth-order valence-electron chi connectivity index (χ4n) is 3.41. The second-order valence-corrected chi connectivity index (χ2v) is 7.91. The quantitative estimate of drug-likeness (QED) is 0.586. The van der Waals surface area contributed by atoms with Crippen molar-refractivity contribution in [2.75, 3.05) is 26.9 Å². The molecule has 7 nitrogen and oxygen atoms in total. The molecule has 1 N–H and O–H groups in total. The Hall–Kier alpha value is -3.40. The van der Waals surface area contributed by atoms with Gasteiger partial charge in [-0.25, -0.2) is 0 Å². The van der Waals surface area contributed by atoms with Crippen LogP contribution < -0.4 is 24.3 Å². The lowest BCUT2D eigenvalue weighted by Gasteiger charge is -2.18. The van der Waals surface area contributed by atoms with Crippen molar-refractivity contribution in [3.63, 3.8) is 0 Å². The SMILES string of the molecule is COc1cc(C#N)ccc1OCCCC(=O)NCCOc1cccc2c1OC(C)(C)C2. The first-order valence-corrected chi connectivity index (χ1v) is 10.3. The molecule has 0 fully saturated rings. The second-order valence-electron chi connectivity index (χ2n) is 7.91. The van der Waals surface area contributed by atoms with Crippen LogP contribution >= 0.6 is 0 Å². The molecule has 0 atom stereocenters. The maximum absolute atomic E-state index is 12.0. The van der Waals surface area contributed by atoms with E-state index in [1.807, 2.05) is 18.2 Å². The lowest BCUT2D eigenvalue weighted by atomic mass is 10.0. The van der Waals surface area contributed by atoms with Gasteiger partial charge in [-0.15, -0.1) is 0 Å². The van der Waals surface area contributed by atoms with Crippen LogP contribution in [0.2, 0.25) is 0 Å². The van der Waals surface area contributed by atoms with Crippen LogP contribution in [-0.4, -0.2) is 38.4 Å². The molecule has 0 unspecified atom stereocenters. The zero-order valence-electron chi connectivity index (χ0n) is 18.2. The number of nitrogens with zero attached hydrogens (tertiary/aromatic N) is 1. The van der Waals surface area contributed by atoms with Gasteiger partial charge in [0.15, 0.2) is 23.0 Å². The Bertz CT molecular complexity index is 965. The third-order valence-corrected chi connectivity index (χ3v) is 4.84. The van der Waals surface area contributed by atoms with Crippen molar-refractivity contribution in [2.24, 2.45) is 0 Å². The van der Waals surface area contributed by atoms with E-state index in [4.69, 9.17) is 24.2 Å². The molecule has 1 heterocycles. The van der Waals surface area contributed by atoms with Gasteiger partial charge in [0.25, 0.3) is 0 Å². The molecule has 31 heavy (non-hydrogen) atoms. The number of amides is 1. The van der Waals surface area contributed by atoms with Gasteiger partial charge >= 0.3 is 0 Å². The normalized spacial score (nSPS) is 13.5. The minimum Gasteiger partial charge on any atom is -0.493 e. The summed E-state index contributed by atoms with van der Waals surface area (Å²) in [5, 5.41) is 11.8. The Morgan fingerprint density at radius 1 is 1.16 bits per heavy atom. The molecule has 1 aliphatic heterocycles. The first kappa shape index (κ1) is 22.3. The second kappa shape index (κ2) is 10.1. The molecule has 2 aromatic carbocycles. The predicted octanol–water partition coefficient (Wildman–Crippen LogP) is 3.63. The van der Waals surface area contributed by atoms with Crippen LogP contribution in [0.5, 0.6) is 23.0 Å². The van der Waals surface area contributed by atoms with Crippen molar-refractivity contribution >= 4 is 5.91 Å². The summed E-state index contributed by atoms with van der Waals surface area (Å²) in [5.74, 6) is 2.50. The van der Waals surface area contributed by atoms with E-state index < -0.39 is 0 Å². The van der Waals surface area contributed by atoms with Crippen molar-refractivity contribution in [1.29, 1.82) is 5.26 Å². The Labute approximate surface area is 182 Å². The molecule has 3 rings (SSSR count). The molecule has 0 bridgehead atoms. The van der Waals surface area contributed by atoms with E-state index in [0.717, 1.165) is 17.7 Å². The summed E-state index contributed by atoms with van der Waals surface area (Å²) in [4.78, 5) is 12.0. The first-order valence-electron chi connectivity index (χ1n) is 10.3. The average molecular weight is 424 g/mol. The standard InChI is InChI=1S/C24H28N2O5/c1-24(2)15-18-6-4-7-20(23(18)31-24)30-13-11-26-22(27)8-5-12-29-19-10-9-17(16-25)14-21(19)28-3/h4,6-7,9-10,14H,5,8,11-13,15H2,1-3H3,(H,26,27). The van der Waals surface area contributed by atoms with Crippen LogP contribution in [0.15, 0.2) is 36.4 Å². The average Bonchev–Trinajstić information content (AvgIpc) is 3.08. The molecule has 0 aliphatic carbocycles. The highest BCUT2D eigenvalue weighted by molar-refractivity contribution is 5.75. The molecular weight excluding hydrogens is 396 g/mol. The molecule has 2 aromatic rings. The summed E-state index contributed by atoms with van der Waals surface area (Å²) in [5.41, 5.74) is 1.42. The summed E-state index contributed by atoms with van der Waals surface area (Å²) in [6.45, 7) is 5.26. The van der Waals surface area contributed by atoms with Crippen LogP contribution in [0.4, 0.5) is 0 Å². The number of nitriles is 1. The molecule has 0 radical (unpaired) electrons. The van der Waals surface area contributed by atoms with Gasteiger partial charge < -0.3 is 24.3 Å². The summed E-state index contributed by atoms with van der Waals surface area (Å²) in [7, 11) is 1.52. The summed E-state index contributed by atoms with van der Waals surface area (Å²) in [6.07, 6.45) is 1.76. The molecule has 1 aliphatic rings. The summed E-state index contributed by atoms with van der Waals surface area (Å²) >= 11 is 0. The highest BCUT2D eigenvalue weighted by atomic mass is 16.5. The first-order chi connectivity index (χ1) is 14.9. The third-order valence-electron chi connectivity index (χ3n) is 4.84. The lowest BCUT2D eigenvalue weighted by Crippen LogP contribution is -2.28. The van der Waals surface area contributed by atoms with E-state index in [0.29, 0.717) is 55.4 Å². The fourth-order valence-corrected chi connectivity index (χ4v) is 3.41. The number of ether oxygens (including phenoxy) is 4. The van der Waals surface area contributed by atoms with Gasteiger partial charge in [0.05, 0.1) is 31.9 Å². The van der Waals surface area contributed by atoms with Gasteiger partial charge in [-0.3, -0.25) is 4.79 Å². The van der Waals surface area contributed by atoms with Crippen LogP contribution in [-0.2, 0) is 11.2 Å². The number of nitrogens with one attached hydrogen (secondary N) is 1. The largest absolute Gasteiger partial charge is 0.493 e. The van der Waals surface area contributed by atoms with E-state index in [9.17, 15) is 4.79 Å². The molecule has 0 spiro atoms. The number of benzene rings is 2. The Morgan fingerprint density at radius 3 is 2.74 bits per heavy atom. The topological polar surface area (TPSA) is 89.8 Å². The zero-order chi connectivity index (χ0) is 22.3. The van der Waals surface area contributed by atoms with Crippen molar-refractivity contribution < 1.29 is 23.7 Å².